The molecule has 142 valence electrons. The summed E-state index contributed by atoms with van der Waals surface area (Å²) < 4.78 is 4.72. The molecule has 0 aromatic heterocycles. The van der Waals surface area contributed by atoms with Crippen LogP contribution in [0.5, 0.6) is 0 Å². The summed E-state index contributed by atoms with van der Waals surface area (Å²) in [5, 5.41) is 0. The van der Waals surface area contributed by atoms with Gasteiger partial charge in [-0.05, 0) is 24.7 Å². The Kier molecular flexibility index (Phi) is 7.15. The van der Waals surface area contributed by atoms with Crippen LogP contribution in [-0.2, 0) is 14.3 Å². The summed E-state index contributed by atoms with van der Waals surface area (Å²) >= 11 is 0. The van der Waals surface area contributed by atoms with Crippen LogP contribution in [0.2, 0.25) is 0 Å². The van der Waals surface area contributed by atoms with E-state index in [1.54, 1.807) is 24.3 Å². The van der Waals surface area contributed by atoms with E-state index in [1.807, 2.05) is 4.90 Å². The maximum atomic E-state index is 12.5. The average Bonchev–Trinajstić information content (AvgIpc) is 2.67. The van der Waals surface area contributed by atoms with Gasteiger partial charge in [-0.25, -0.2) is 4.79 Å². The standard InChI is InChI=1S/C19H27N3O4/c1-4-20-10-12-21(13-11-20)18(24)8-9-22(15(2)23)17-7-5-6-16(14-17)19(25)26-3/h5-7,14H,4,8-13H2,1-3H3. The zero-order valence-electron chi connectivity index (χ0n) is 15.7. The van der Waals surface area contributed by atoms with E-state index in [2.05, 4.69) is 11.8 Å². The molecule has 1 fully saturated rings. The Balaban J connectivity index is 1.99. The number of amides is 2. The van der Waals surface area contributed by atoms with Crippen LogP contribution in [0.4, 0.5) is 5.69 Å². The van der Waals surface area contributed by atoms with Crippen molar-refractivity contribution in [3.63, 3.8) is 0 Å². The number of anilines is 1. The summed E-state index contributed by atoms with van der Waals surface area (Å²) in [6.45, 7) is 8.08. The van der Waals surface area contributed by atoms with Crippen LogP contribution in [0.1, 0.15) is 30.6 Å². The molecular weight excluding hydrogens is 334 g/mol. The molecular formula is C19H27N3O4. The molecule has 0 spiro atoms. The monoisotopic (exact) mass is 361 g/mol. The first-order valence-electron chi connectivity index (χ1n) is 8.92. The third-order valence-corrected chi connectivity index (χ3v) is 4.68. The van der Waals surface area contributed by atoms with Crippen LogP contribution in [-0.4, -0.2) is 74.0 Å². The largest absolute Gasteiger partial charge is 0.465 e. The molecule has 0 N–H and O–H groups in total. The van der Waals surface area contributed by atoms with Crippen LogP contribution in [0.3, 0.4) is 0 Å². The second-order valence-corrected chi connectivity index (χ2v) is 6.28. The van der Waals surface area contributed by atoms with Gasteiger partial charge in [0.25, 0.3) is 0 Å². The van der Waals surface area contributed by atoms with Crippen molar-refractivity contribution in [3.05, 3.63) is 29.8 Å². The molecule has 0 radical (unpaired) electrons. The predicted octanol–water partition coefficient (Wildman–Crippen LogP) is 1.38. The molecule has 0 bridgehead atoms. The van der Waals surface area contributed by atoms with Crippen molar-refractivity contribution in [2.24, 2.45) is 0 Å². The van der Waals surface area contributed by atoms with Gasteiger partial charge in [-0.1, -0.05) is 13.0 Å². The average molecular weight is 361 g/mol. The summed E-state index contributed by atoms with van der Waals surface area (Å²) in [6, 6.07) is 6.69. The molecule has 2 rings (SSSR count). The topological polar surface area (TPSA) is 70.2 Å². The summed E-state index contributed by atoms with van der Waals surface area (Å²) in [6.07, 6.45) is 0.258. The van der Waals surface area contributed by atoms with E-state index in [0.717, 1.165) is 32.7 Å². The lowest BCUT2D eigenvalue weighted by molar-refractivity contribution is -0.132. The van der Waals surface area contributed by atoms with Crippen LogP contribution >= 0.6 is 0 Å². The van der Waals surface area contributed by atoms with E-state index in [9.17, 15) is 14.4 Å². The van der Waals surface area contributed by atoms with E-state index in [4.69, 9.17) is 4.74 Å². The lowest BCUT2D eigenvalue weighted by Gasteiger charge is -2.34. The summed E-state index contributed by atoms with van der Waals surface area (Å²) in [5.41, 5.74) is 0.960. The highest BCUT2D eigenvalue weighted by atomic mass is 16.5. The van der Waals surface area contributed by atoms with E-state index in [1.165, 1.54) is 18.9 Å². The van der Waals surface area contributed by atoms with Crippen molar-refractivity contribution in [3.8, 4) is 0 Å². The zero-order chi connectivity index (χ0) is 19.1. The van der Waals surface area contributed by atoms with E-state index < -0.39 is 5.97 Å². The number of methoxy groups -OCH3 is 1. The number of ether oxygens (including phenoxy) is 1. The van der Waals surface area contributed by atoms with Gasteiger partial charge in [0.05, 0.1) is 12.7 Å². The molecule has 2 amide bonds. The number of piperazine rings is 1. The Morgan fingerprint density at radius 2 is 1.85 bits per heavy atom. The second kappa shape index (κ2) is 9.33. The van der Waals surface area contributed by atoms with Gasteiger partial charge in [0.1, 0.15) is 0 Å². The molecule has 1 saturated heterocycles. The van der Waals surface area contributed by atoms with Gasteiger partial charge in [-0.2, -0.15) is 0 Å². The van der Waals surface area contributed by atoms with E-state index >= 15 is 0 Å². The van der Waals surface area contributed by atoms with Gasteiger partial charge in [0.2, 0.25) is 11.8 Å². The van der Waals surface area contributed by atoms with Gasteiger partial charge in [-0.15, -0.1) is 0 Å². The van der Waals surface area contributed by atoms with Gasteiger partial charge in [0.15, 0.2) is 0 Å². The number of carbonyl (C=O) groups excluding carboxylic acids is 3. The van der Waals surface area contributed by atoms with Crippen molar-refractivity contribution in [1.29, 1.82) is 0 Å². The van der Waals surface area contributed by atoms with Crippen LogP contribution in [0, 0.1) is 0 Å². The Labute approximate surface area is 154 Å². The number of benzene rings is 1. The van der Waals surface area contributed by atoms with Crippen molar-refractivity contribution in [2.75, 3.05) is 51.3 Å². The molecule has 1 aliphatic rings. The molecule has 26 heavy (non-hydrogen) atoms. The van der Waals surface area contributed by atoms with Crippen molar-refractivity contribution in [1.82, 2.24) is 9.80 Å². The minimum absolute atomic E-state index is 0.0520. The van der Waals surface area contributed by atoms with Crippen LogP contribution < -0.4 is 4.90 Å². The van der Waals surface area contributed by atoms with Crippen molar-refractivity contribution in [2.45, 2.75) is 20.3 Å². The fourth-order valence-corrected chi connectivity index (χ4v) is 3.07. The molecule has 0 saturated carbocycles. The number of carbonyl (C=O) groups is 3. The lowest BCUT2D eigenvalue weighted by atomic mass is 10.1. The third-order valence-electron chi connectivity index (χ3n) is 4.68. The summed E-state index contributed by atoms with van der Waals surface area (Å²) in [4.78, 5) is 41.9. The number of rotatable bonds is 6. The summed E-state index contributed by atoms with van der Waals surface area (Å²) in [7, 11) is 1.31. The highest BCUT2D eigenvalue weighted by Gasteiger charge is 2.22. The maximum Gasteiger partial charge on any atom is 0.337 e. The van der Waals surface area contributed by atoms with Gasteiger partial charge in [0, 0.05) is 51.8 Å². The Morgan fingerprint density at radius 3 is 2.42 bits per heavy atom. The molecule has 7 heteroatoms. The highest BCUT2D eigenvalue weighted by molar-refractivity contribution is 5.95. The predicted molar refractivity (Wildman–Crippen MR) is 99.1 cm³/mol. The molecule has 1 heterocycles. The number of hydrogen-bond acceptors (Lipinski definition) is 5. The third kappa shape index (κ3) is 5.05. The van der Waals surface area contributed by atoms with Gasteiger partial charge < -0.3 is 19.4 Å². The zero-order valence-corrected chi connectivity index (χ0v) is 15.7. The molecule has 0 unspecified atom stereocenters. The molecule has 1 aliphatic heterocycles. The first-order valence-corrected chi connectivity index (χ1v) is 8.92. The van der Waals surface area contributed by atoms with Gasteiger partial charge >= 0.3 is 5.97 Å². The SMILES string of the molecule is CCN1CCN(C(=O)CCN(C(C)=O)c2cccc(C(=O)OC)c2)CC1. The van der Waals surface area contributed by atoms with Crippen molar-refractivity contribution >= 4 is 23.5 Å². The quantitative estimate of drug-likeness (QED) is 0.716. The number of likely N-dealkylation sites (N-methyl/N-ethyl adjacent to an activating group) is 1. The first-order chi connectivity index (χ1) is 12.5. The van der Waals surface area contributed by atoms with E-state index in [0.29, 0.717) is 11.3 Å². The smallest absolute Gasteiger partial charge is 0.337 e. The highest BCUT2D eigenvalue weighted by Crippen LogP contribution is 2.18. The fraction of sp³-hybridized carbons (Fsp3) is 0.526. The molecule has 7 nitrogen and oxygen atoms in total. The number of hydrogen-bond donors (Lipinski definition) is 0. The fourth-order valence-electron chi connectivity index (χ4n) is 3.07. The lowest BCUT2D eigenvalue weighted by Crippen LogP contribution is -2.49. The maximum absolute atomic E-state index is 12.5. The Bertz CT molecular complexity index is 654. The summed E-state index contributed by atoms with van der Waals surface area (Å²) in [5.74, 6) is -0.577. The van der Waals surface area contributed by atoms with Gasteiger partial charge in [-0.3, -0.25) is 9.59 Å². The van der Waals surface area contributed by atoms with Crippen LogP contribution in [0.15, 0.2) is 24.3 Å². The Morgan fingerprint density at radius 1 is 1.15 bits per heavy atom. The minimum Gasteiger partial charge on any atom is -0.465 e. The second-order valence-electron chi connectivity index (χ2n) is 6.28. The molecule has 1 aromatic carbocycles. The minimum atomic E-state index is -0.458. The first kappa shape index (κ1) is 19.9. The van der Waals surface area contributed by atoms with E-state index in [-0.39, 0.29) is 24.8 Å². The number of nitrogens with zero attached hydrogens (tertiary/aromatic N) is 3. The molecule has 0 atom stereocenters. The normalized spacial score (nSPS) is 14.8. The molecule has 1 aromatic rings. The molecule has 0 aliphatic carbocycles. The van der Waals surface area contributed by atoms with Crippen molar-refractivity contribution < 1.29 is 19.1 Å². The number of esters is 1. The van der Waals surface area contributed by atoms with Crippen LogP contribution in [0.25, 0.3) is 0 Å². The Hall–Kier alpha value is -2.41.